The molecule has 0 aliphatic heterocycles. The van der Waals surface area contributed by atoms with E-state index >= 15 is 0 Å². The summed E-state index contributed by atoms with van der Waals surface area (Å²) in [5.74, 6) is -1.46. The minimum absolute atomic E-state index is 0.0173. The Hall–Kier alpha value is -1.67. The van der Waals surface area contributed by atoms with Crippen LogP contribution in [0.15, 0.2) is 12.1 Å². The van der Waals surface area contributed by atoms with Crippen molar-refractivity contribution in [2.75, 3.05) is 11.9 Å². The molecule has 18 heavy (non-hydrogen) atoms. The summed E-state index contributed by atoms with van der Waals surface area (Å²) in [6, 6.07) is 3.80. The van der Waals surface area contributed by atoms with Crippen molar-refractivity contribution in [1.82, 2.24) is 0 Å². The summed E-state index contributed by atoms with van der Waals surface area (Å²) in [6.45, 7) is 2.57. The van der Waals surface area contributed by atoms with E-state index in [0.717, 1.165) is 25.0 Å². The smallest absolute Gasteiger partial charge is 0.150 e. The summed E-state index contributed by atoms with van der Waals surface area (Å²) in [6.07, 6.45) is 1.66. The van der Waals surface area contributed by atoms with Crippen LogP contribution in [0.5, 0.6) is 0 Å². The predicted molar refractivity (Wildman–Crippen MR) is 63.1 cm³/mol. The largest absolute Gasteiger partial charge is 0.378 e. The molecule has 0 spiro atoms. The lowest BCUT2D eigenvalue weighted by molar-refractivity contribution is 0.00286. The summed E-state index contributed by atoms with van der Waals surface area (Å²) < 4.78 is 32.5. The first-order valence-electron chi connectivity index (χ1n) is 5.91. The maximum absolute atomic E-state index is 13.6. The van der Waals surface area contributed by atoms with Gasteiger partial charge in [0.1, 0.15) is 5.69 Å². The second kappa shape index (κ2) is 5.32. The van der Waals surface area contributed by atoms with Gasteiger partial charge in [0, 0.05) is 12.6 Å². The van der Waals surface area contributed by atoms with Gasteiger partial charge in [-0.25, -0.2) is 8.78 Å². The van der Waals surface area contributed by atoms with Gasteiger partial charge in [-0.3, -0.25) is 0 Å². The van der Waals surface area contributed by atoms with E-state index in [2.05, 4.69) is 5.32 Å². The van der Waals surface area contributed by atoms with Crippen molar-refractivity contribution in [3.05, 3.63) is 29.3 Å². The molecule has 1 fully saturated rings. The van der Waals surface area contributed by atoms with Crippen molar-refractivity contribution in [3.8, 4) is 6.07 Å². The van der Waals surface area contributed by atoms with Gasteiger partial charge in [0.15, 0.2) is 11.6 Å². The summed E-state index contributed by atoms with van der Waals surface area (Å²) in [4.78, 5) is 0. The number of nitriles is 1. The third-order valence-electron chi connectivity index (χ3n) is 3.02. The zero-order chi connectivity index (χ0) is 13.1. The highest BCUT2D eigenvalue weighted by Gasteiger charge is 2.30. The molecule has 1 N–H and O–H groups in total. The molecule has 2 rings (SSSR count). The van der Waals surface area contributed by atoms with E-state index in [4.69, 9.17) is 10.00 Å². The van der Waals surface area contributed by atoms with Crippen molar-refractivity contribution >= 4 is 5.69 Å². The molecule has 1 aromatic carbocycles. The Balaban J connectivity index is 2.01. The van der Waals surface area contributed by atoms with Crippen LogP contribution in [0.25, 0.3) is 0 Å². The van der Waals surface area contributed by atoms with Crippen LogP contribution in [-0.4, -0.2) is 18.8 Å². The third kappa shape index (κ3) is 2.59. The van der Waals surface area contributed by atoms with Gasteiger partial charge in [-0.1, -0.05) is 0 Å². The highest BCUT2D eigenvalue weighted by molar-refractivity contribution is 5.51. The summed E-state index contributed by atoms with van der Waals surface area (Å²) in [5, 5.41) is 11.4. The first-order chi connectivity index (χ1) is 8.63. The van der Waals surface area contributed by atoms with Gasteiger partial charge in [-0.05, 0) is 31.9 Å². The average Bonchev–Trinajstić information content (AvgIpc) is 2.29. The van der Waals surface area contributed by atoms with Gasteiger partial charge >= 0.3 is 0 Å². The molecule has 96 valence electrons. The molecular weight excluding hydrogens is 238 g/mol. The normalized spacial score (nSPS) is 22.1. The molecule has 0 aromatic heterocycles. The lowest BCUT2D eigenvalue weighted by Gasteiger charge is -2.36. The predicted octanol–water partition coefficient (Wildman–Crippen LogP) is 2.82. The highest BCUT2D eigenvalue weighted by atomic mass is 19.1. The maximum Gasteiger partial charge on any atom is 0.150 e. The van der Waals surface area contributed by atoms with Gasteiger partial charge < -0.3 is 10.1 Å². The zero-order valence-corrected chi connectivity index (χ0v) is 10.0. The van der Waals surface area contributed by atoms with Crippen molar-refractivity contribution in [1.29, 1.82) is 5.26 Å². The van der Waals surface area contributed by atoms with Crippen LogP contribution in [0.4, 0.5) is 14.5 Å². The Morgan fingerprint density at radius 2 is 2.00 bits per heavy atom. The number of nitrogens with one attached hydrogen (secondary N) is 1. The second-order valence-corrected chi connectivity index (χ2v) is 4.32. The topological polar surface area (TPSA) is 45.0 Å². The Labute approximate surface area is 104 Å². The molecular formula is C13H14F2N2O. The van der Waals surface area contributed by atoms with Crippen LogP contribution in [0.3, 0.4) is 0 Å². The Bertz CT molecular complexity index is 455. The van der Waals surface area contributed by atoms with Crippen LogP contribution in [0.1, 0.15) is 25.3 Å². The van der Waals surface area contributed by atoms with Gasteiger partial charge in [0.2, 0.25) is 0 Å². The van der Waals surface area contributed by atoms with Crippen molar-refractivity contribution in [3.63, 3.8) is 0 Å². The molecule has 0 heterocycles. The summed E-state index contributed by atoms with van der Waals surface area (Å²) in [5.41, 5.74) is -0.176. The van der Waals surface area contributed by atoms with E-state index in [0.29, 0.717) is 6.61 Å². The van der Waals surface area contributed by atoms with Crippen molar-refractivity contribution < 1.29 is 13.5 Å². The lowest BCUT2D eigenvalue weighted by Crippen LogP contribution is -2.41. The van der Waals surface area contributed by atoms with Crippen molar-refractivity contribution in [2.45, 2.75) is 31.9 Å². The quantitative estimate of drug-likeness (QED) is 0.896. The first kappa shape index (κ1) is 12.8. The summed E-state index contributed by atoms with van der Waals surface area (Å²) >= 11 is 0. The van der Waals surface area contributed by atoms with E-state index in [1.807, 2.05) is 6.92 Å². The number of halogens is 2. The number of anilines is 1. The molecule has 5 heteroatoms. The number of hydrogen-bond acceptors (Lipinski definition) is 3. The molecule has 0 amide bonds. The Morgan fingerprint density at radius 1 is 1.39 bits per heavy atom. The van der Waals surface area contributed by atoms with E-state index in [9.17, 15) is 8.78 Å². The molecule has 0 saturated heterocycles. The lowest BCUT2D eigenvalue weighted by atomic mass is 9.89. The zero-order valence-electron chi connectivity index (χ0n) is 10.0. The second-order valence-electron chi connectivity index (χ2n) is 4.32. The average molecular weight is 252 g/mol. The van der Waals surface area contributed by atoms with Crippen LogP contribution in [0, 0.1) is 23.0 Å². The van der Waals surface area contributed by atoms with Crippen molar-refractivity contribution in [2.24, 2.45) is 0 Å². The molecule has 0 atom stereocenters. The Kier molecular flexibility index (Phi) is 3.78. The fourth-order valence-corrected chi connectivity index (χ4v) is 2.03. The fourth-order valence-electron chi connectivity index (χ4n) is 2.03. The number of benzene rings is 1. The van der Waals surface area contributed by atoms with E-state index in [1.165, 1.54) is 0 Å². The van der Waals surface area contributed by atoms with Crippen LogP contribution < -0.4 is 5.32 Å². The molecule has 0 unspecified atom stereocenters. The number of hydrogen-bond donors (Lipinski definition) is 1. The molecule has 1 aromatic rings. The number of ether oxygens (including phenoxy) is 1. The molecule has 1 saturated carbocycles. The molecule has 0 radical (unpaired) electrons. The third-order valence-corrected chi connectivity index (χ3v) is 3.02. The molecule has 1 aliphatic carbocycles. The monoisotopic (exact) mass is 252 g/mol. The first-order valence-corrected chi connectivity index (χ1v) is 5.91. The van der Waals surface area contributed by atoms with Crippen LogP contribution in [-0.2, 0) is 4.74 Å². The highest BCUT2D eigenvalue weighted by Crippen LogP contribution is 2.29. The van der Waals surface area contributed by atoms with Gasteiger partial charge in [0.25, 0.3) is 0 Å². The minimum Gasteiger partial charge on any atom is -0.378 e. The van der Waals surface area contributed by atoms with Crippen LogP contribution >= 0.6 is 0 Å². The minimum atomic E-state index is -0.730. The molecule has 3 nitrogen and oxygen atoms in total. The Morgan fingerprint density at radius 3 is 2.50 bits per heavy atom. The summed E-state index contributed by atoms with van der Waals surface area (Å²) in [7, 11) is 0. The standard InChI is InChI=1S/C13H14F2N2O/c1-2-18-10-5-9(6-10)17-13-11(14)3-8(7-16)4-12(13)15/h3-4,9-10,17H,2,5-6H2,1H3. The van der Waals surface area contributed by atoms with E-state index in [1.54, 1.807) is 6.07 Å². The van der Waals surface area contributed by atoms with E-state index in [-0.39, 0.29) is 23.4 Å². The van der Waals surface area contributed by atoms with Gasteiger partial charge in [-0.2, -0.15) is 5.26 Å². The van der Waals surface area contributed by atoms with Crippen LogP contribution in [0.2, 0.25) is 0 Å². The SMILES string of the molecule is CCOC1CC(Nc2c(F)cc(C#N)cc2F)C1. The molecule has 1 aliphatic rings. The van der Waals surface area contributed by atoms with Gasteiger partial charge in [0.05, 0.1) is 17.7 Å². The van der Waals surface area contributed by atoms with Gasteiger partial charge in [-0.15, -0.1) is 0 Å². The number of rotatable bonds is 4. The number of nitrogens with zero attached hydrogens (tertiary/aromatic N) is 1. The maximum atomic E-state index is 13.6. The van der Waals surface area contributed by atoms with E-state index < -0.39 is 11.6 Å². The fraction of sp³-hybridized carbons (Fsp3) is 0.462. The molecule has 0 bridgehead atoms.